The minimum absolute atomic E-state index is 0.0154. The number of carbonyl (C=O) groups is 7. The first kappa shape index (κ1) is 45.1. The Morgan fingerprint density at radius 3 is 2.00 bits per heavy atom. The molecule has 54 heavy (non-hydrogen) atoms. The van der Waals surface area contributed by atoms with E-state index in [1.54, 1.807) is 42.5 Å². The van der Waals surface area contributed by atoms with Gasteiger partial charge in [0.2, 0.25) is 17.7 Å². The first-order chi connectivity index (χ1) is 25.9. The van der Waals surface area contributed by atoms with Gasteiger partial charge in [0.25, 0.3) is 0 Å². The van der Waals surface area contributed by atoms with E-state index in [0.717, 1.165) is 0 Å². The van der Waals surface area contributed by atoms with Crippen LogP contribution >= 0.6 is 0 Å². The number of nitrogens with one attached hydrogen (secondary N) is 3. The number of hydrogen-bond donors (Lipinski definition) is 6. The molecule has 4 atom stereocenters. The topological polar surface area (TPSA) is 250 Å². The van der Waals surface area contributed by atoms with Crippen molar-refractivity contribution >= 4 is 41.0 Å². The lowest BCUT2D eigenvalue weighted by Gasteiger charge is -2.25. The molecule has 0 aliphatic carbocycles. The summed E-state index contributed by atoms with van der Waals surface area (Å²) in [5.41, 5.74) is 2.87. The Morgan fingerprint density at radius 1 is 0.722 bits per heavy atom. The molecule has 2 rings (SSSR count). The van der Waals surface area contributed by atoms with Crippen LogP contribution in [0.1, 0.15) is 69.4 Å². The van der Waals surface area contributed by atoms with Gasteiger partial charge < -0.3 is 34.8 Å². The van der Waals surface area contributed by atoms with Crippen molar-refractivity contribution in [1.29, 1.82) is 0 Å². The molecule has 2 aromatic rings. The van der Waals surface area contributed by atoms with E-state index in [4.69, 9.17) is 20.6 Å². The van der Waals surface area contributed by atoms with E-state index in [9.17, 15) is 38.7 Å². The van der Waals surface area contributed by atoms with Crippen LogP contribution in [0.15, 0.2) is 54.6 Å². The van der Waals surface area contributed by atoms with Gasteiger partial charge in [0.05, 0.1) is 25.3 Å². The Balaban J connectivity index is 2.34. The van der Waals surface area contributed by atoms with E-state index < -0.39 is 65.6 Å². The Hall–Kier alpha value is -5.03. The van der Waals surface area contributed by atoms with Gasteiger partial charge in [0.15, 0.2) is 11.6 Å². The van der Waals surface area contributed by atoms with Gasteiger partial charge in [0, 0.05) is 57.7 Å². The lowest BCUT2D eigenvalue weighted by Crippen LogP contribution is -2.48. The highest BCUT2D eigenvalue weighted by Crippen LogP contribution is 2.20. The molecule has 0 aliphatic rings. The van der Waals surface area contributed by atoms with E-state index in [0.29, 0.717) is 30.8 Å². The molecule has 0 saturated carbocycles. The highest BCUT2D eigenvalue weighted by atomic mass is 16.7. The van der Waals surface area contributed by atoms with Crippen LogP contribution in [0.25, 0.3) is 0 Å². The summed E-state index contributed by atoms with van der Waals surface area (Å²) in [4.78, 5) is 95.1. The number of nitrogens with two attached hydrogens (primary N) is 1. The number of rotatable bonds is 27. The number of benzene rings is 2. The number of amides is 3. The van der Waals surface area contributed by atoms with Crippen molar-refractivity contribution in [3.8, 4) is 5.75 Å². The fourth-order valence-electron chi connectivity index (χ4n) is 5.67. The zero-order valence-electron chi connectivity index (χ0n) is 30.8. The van der Waals surface area contributed by atoms with Crippen LogP contribution in [0.3, 0.4) is 0 Å². The Morgan fingerprint density at radius 2 is 1.37 bits per heavy atom. The lowest BCUT2D eigenvalue weighted by molar-refractivity contribution is -0.145. The highest BCUT2D eigenvalue weighted by Gasteiger charge is 2.32. The summed E-state index contributed by atoms with van der Waals surface area (Å²) in [6.45, 7) is 2.28. The second-order valence-electron chi connectivity index (χ2n) is 12.9. The Kier molecular flexibility index (Phi) is 21.0. The molecule has 0 heterocycles. The van der Waals surface area contributed by atoms with Gasteiger partial charge in [-0.1, -0.05) is 42.5 Å². The van der Waals surface area contributed by atoms with Crippen LogP contribution in [0.5, 0.6) is 5.75 Å². The monoisotopic (exact) mass is 756 g/mol. The maximum atomic E-state index is 14.1. The van der Waals surface area contributed by atoms with Gasteiger partial charge in [0.1, 0.15) is 11.5 Å². The van der Waals surface area contributed by atoms with Crippen LogP contribution in [-0.2, 0) is 60.7 Å². The number of ketones is 3. The number of hydroxylamine groups is 1. The molecule has 296 valence electrons. The molecule has 0 fully saturated rings. The fraction of sp³-hybridized carbons (Fsp3) is 0.500. The fourth-order valence-corrected chi connectivity index (χ4v) is 5.67. The summed E-state index contributed by atoms with van der Waals surface area (Å²) in [6, 6.07) is 12.7. The number of phenolic OH excluding ortho intramolecular Hbond substituents is 1. The van der Waals surface area contributed by atoms with Gasteiger partial charge in [-0.3, -0.25) is 34.0 Å². The van der Waals surface area contributed by atoms with Crippen molar-refractivity contribution in [3.05, 3.63) is 65.7 Å². The number of Topliss-reactive ketones (excluding diaryl/α,β-unsaturated/α-hetero) is 3. The van der Waals surface area contributed by atoms with Gasteiger partial charge in [-0.25, -0.2) is 5.48 Å². The van der Waals surface area contributed by atoms with Crippen LogP contribution in [0, 0.1) is 11.8 Å². The standard InChI is InChI=1S/C38H52N4O12/c1-25(43)21-29(22-27-10-13-30(44)14-11-27)38(50)41-32(23-26-7-4-3-5-8-26)34(46)24-28(12-17-36(48)54-39)37(49)40-31(15-16-35(47)42-51)33(45)9-6-18-53-20-19-52-2/h3-5,7-8,10-11,13-14,28-29,31-32,44,51H,6,9,12,15-24,39H2,1-2H3,(H,40,49)(H,41,50)(H,42,47)/t28-,29+,31-,32-/m1/s1. The van der Waals surface area contributed by atoms with Gasteiger partial charge in [-0.15, -0.1) is 0 Å². The minimum Gasteiger partial charge on any atom is -0.508 e. The highest BCUT2D eigenvalue weighted by molar-refractivity contribution is 5.95. The summed E-state index contributed by atoms with van der Waals surface area (Å²) in [6.07, 6.45) is -1.14. The third-order valence-corrected chi connectivity index (χ3v) is 8.59. The number of carbonyl (C=O) groups excluding carboxylic acids is 7. The summed E-state index contributed by atoms with van der Waals surface area (Å²) in [5.74, 6) is -1.20. The first-order valence-electron chi connectivity index (χ1n) is 17.7. The van der Waals surface area contributed by atoms with Crippen LogP contribution in [-0.4, -0.2) is 90.4 Å². The van der Waals surface area contributed by atoms with Crippen molar-refractivity contribution < 1.29 is 58.2 Å². The Labute approximate surface area is 314 Å². The zero-order chi connectivity index (χ0) is 39.9. The quantitative estimate of drug-likeness (QED) is 0.0433. The molecule has 16 heteroatoms. The van der Waals surface area contributed by atoms with Gasteiger partial charge >= 0.3 is 5.97 Å². The predicted molar refractivity (Wildman–Crippen MR) is 193 cm³/mol. The average Bonchev–Trinajstić information content (AvgIpc) is 3.16. The molecular formula is C38H52N4O12. The molecule has 0 unspecified atom stereocenters. The van der Waals surface area contributed by atoms with Crippen molar-refractivity contribution in [2.24, 2.45) is 17.7 Å². The summed E-state index contributed by atoms with van der Waals surface area (Å²) in [7, 11) is 1.52. The molecule has 16 nitrogen and oxygen atoms in total. The maximum Gasteiger partial charge on any atom is 0.324 e. The summed E-state index contributed by atoms with van der Waals surface area (Å²) < 4.78 is 10.3. The van der Waals surface area contributed by atoms with Crippen molar-refractivity contribution in [1.82, 2.24) is 16.1 Å². The predicted octanol–water partition coefficient (Wildman–Crippen LogP) is 1.81. The van der Waals surface area contributed by atoms with E-state index in [-0.39, 0.29) is 69.5 Å². The lowest BCUT2D eigenvalue weighted by atomic mass is 9.89. The SMILES string of the molecule is COCCOCCCC(=O)[C@@H](CCC(=O)NO)NC(=O)[C@H](CCC(=O)ON)CC(=O)[C@@H](Cc1ccccc1)NC(=O)[C@@H](CC(C)=O)Cc1ccc(O)cc1. The third-order valence-electron chi connectivity index (χ3n) is 8.59. The molecule has 0 saturated heterocycles. The second-order valence-corrected chi connectivity index (χ2v) is 12.9. The van der Waals surface area contributed by atoms with Gasteiger partial charge in [-0.05, 0) is 62.3 Å². The summed E-state index contributed by atoms with van der Waals surface area (Å²) in [5, 5.41) is 24.1. The van der Waals surface area contributed by atoms with Crippen molar-refractivity contribution in [2.45, 2.75) is 83.2 Å². The first-order valence-corrected chi connectivity index (χ1v) is 17.7. The number of ether oxygens (including phenoxy) is 2. The van der Waals surface area contributed by atoms with Crippen molar-refractivity contribution in [3.63, 3.8) is 0 Å². The smallest absolute Gasteiger partial charge is 0.324 e. The molecule has 0 radical (unpaired) electrons. The van der Waals surface area contributed by atoms with E-state index in [2.05, 4.69) is 15.5 Å². The molecule has 7 N–H and O–H groups in total. The molecule has 0 aromatic heterocycles. The largest absolute Gasteiger partial charge is 0.508 e. The van der Waals surface area contributed by atoms with E-state index >= 15 is 0 Å². The van der Waals surface area contributed by atoms with E-state index in [1.165, 1.54) is 31.6 Å². The number of methoxy groups -OCH3 is 1. The van der Waals surface area contributed by atoms with Crippen LogP contribution < -0.4 is 22.0 Å². The maximum absolute atomic E-state index is 14.1. The number of aromatic hydroxyl groups is 1. The minimum atomic E-state index is -1.20. The van der Waals surface area contributed by atoms with E-state index in [1.807, 2.05) is 0 Å². The average molecular weight is 757 g/mol. The van der Waals surface area contributed by atoms with Crippen LogP contribution in [0.2, 0.25) is 0 Å². The Bertz CT molecular complexity index is 1520. The van der Waals surface area contributed by atoms with Crippen molar-refractivity contribution in [2.75, 3.05) is 26.9 Å². The normalized spacial score (nSPS) is 13.1. The molecule has 0 bridgehead atoms. The molecule has 3 amide bonds. The molecule has 2 aromatic carbocycles. The number of hydrogen-bond acceptors (Lipinski definition) is 13. The third kappa shape index (κ3) is 17.7. The number of phenols is 1. The zero-order valence-corrected chi connectivity index (χ0v) is 30.8. The second kappa shape index (κ2) is 25.1. The molecular weight excluding hydrogens is 704 g/mol. The van der Waals surface area contributed by atoms with Crippen LogP contribution in [0.4, 0.5) is 0 Å². The van der Waals surface area contributed by atoms with Gasteiger partial charge in [-0.2, -0.15) is 5.90 Å². The molecule has 0 aliphatic heterocycles. The molecule has 0 spiro atoms. The summed E-state index contributed by atoms with van der Waals surface area (Å²) >= 11 is 0.